The zero-order chi connectivity index (χ0) is 36.9. The summed E-state index contributed by atoms with van der Waals surface area (Å²) in [5, 5.41) is 0. The molecular formula is C47H62O4S. The monoisotopic (exact) mass is 722 g/mol. The molecule has 0 aliphatic heterocycles. The number of carbonyl (C=O) groups excluding carboxylic acids is 1. The molecule has 3 aromatic carbocycles. The summed E-state index contributed by atoms with van der Waals surface area (Å²) in [7, 11) is 0. The number of benzene rings is 3. The van der Waals surface area contributed by atoms with Gasteiger partial charge in [-0.25, -0.2) is 4.79 Å². The molecule has 5 heteroatoms. The maximum Gasteiger partial charge on any atom is 0.339 e. The molecule has 0 N–H and O–H groups in total. The lowest BCUT2D eigenvalue weighted by molar-refractivity contribution is 0.0497. The minimum absolute atomic E-state index is 0.360. The summed E-state index contributed by atoms with van der Waals surface area (Å²) >= 11 is 4.29. The van der Waals surface area contributed by atoms with Crippen molar-refractivity contribution in [2.45, 2.75) is 129 Å². The van der Waals surface area contributed by atoms with E-state index in [0.717, 1.165) is 72.8 Å². The first kappa shape index (κ1) is 42.6. The Kier molecular flexibility index (Phi) is 22.8. The van der Waals surface area contributed by atoms with Gasteiger partial charge in [0.2, 0.25) is 0 Å². The lowest BCUT2D eigenvalue weighted by Gasteiger charge is -2.08. The molecule has 0 aliphatic rings. The zero-order valence-corrected chi connectivity index (χ0v) is 32.9. The molecule has 0 bridgehead atoms. The second-order valence-electron chi connectivity index (χ2n) is 13.5. The summed E-state index contributed by atoms with van der Waals surface area (Å²) in [5.41, 5.74) is 3.54. The fourth-order valence-electron chi connectivity index (χ4n) is 5.76. The van der Waals surface area contributed by atoms with Gasteiger partial charge in [-0.05, 0) is 98.2 Å². The van der Waals surface area contributed by atoms with Crippen molar-refractivity contribution in [3.63, 3.8) is 0 Å². The van der Waals surface area contributed by atoms with Crippen LogP contribution in [0.25, 0.3) is 0 Å². The summed E-state index contributed by atoms with van der Waals surface area (Å²) in [6, 6.07) is 21.3. The van der Waals surface area contributed by atoms with Crippen LogP contribution in [0.1, 0.15) is 162 Å². The minimum atomic E-state index is -0.360. The van der Waals surface area contributed by atoms with Crippen LogP contribution in [0.15, 0.2) is 66.7 Å². The van der Waals surface area contributed by atoms with Crippen LogP contribution < -0.4 is 9.47 Å². The van der Waals surface area contributed by atoms with Gasteiger partial charge < -0.3 is 14.2 Å². The van der Waals surface area contributed by atoms with E-state index in [2.05, 4.69) is 50.2 Å². The van der Waals surface area contributed by atoms with Crippen LogP contribution >= 0.6 is 12.6 Å². The van der Waals surface area contributed by atoms with Crippen molar-refractivity contribution in [3.8, 4) is 35.2 Å². The highest BCUT2D eigenvalue weighted by atomic mass is 32.1. The van der Waals surface area contributed by atoms with E-state index in [0.29, 0.717) is 17.7 Å². The standard InChI is InChI=1S/C47H62O4S/c1-3-5-7-17-35-49-44-31-25-40(26-32-44)21-22-42-24-30-43(29-23-41-27-33-45(34-28-41)50-36-18-8-6-4-2)46(39-42)47(48)51-37-19-15-13-11-9-10-12-14-16-20-38-52/h24-28,30-34,39,52H,3-20,35-38H2,1-2H3. The molecule has 0 spiro atoms. The molecule has 0 saturated carbocycles. The van der Waals surface area contributed by atoms with E-state index in [1.165, 1.54) is 89.9 Å². The third kappa shape index (κ3) is 18.6. The van der Waals surface area contributed by atoms with Crippen molar-refractivity contribution in [2.75, 3.05) is 25.6 Å². The number of hydrogen-bond donors (Lipinski definition) is 1. The molecule has 0 aliphatic carbocycles. The van der Waals surface area contributed by atoms with E-state index in [1.807, 2.05) is 60.7 Å². The van der Waals surface area contributed by atoms with Crippen molar-refractivity contribution in [2.24, 2.45) is 0 Å². The third-order valence-corrected chi connectivity index (χ3v) is 9.28. The first-order valence-corrected chi connectivity index (χ1v) is 20.7. The Morgan fingerprint density at radius 3 is 1.44 bits per heavy atom. The SMILES string of the molecule is CCCCCCOc1ccc(C#Cc2ccc(C#Cc3ccc(OCCCCCC)cc3)c(C(=O)OCCCCCCCCCCCCS)c2)cc1. The molecule has 0 radical (unpaired) electrons. The number of hydrogen-bond acceptors (Lipinski definition) is 5. The average molecular weight is 723 g/mol. The van der Waals surface area contributed by atoms with Gasteiger partial charge in [-0.1, -0.05) is 127 Å². The molecule has 0 aromatic heterocycles. The number of carbonyl (C=O) groups is 1. The quantitative estimate of drug-likeness (QED) is 0.0409. The first-order chi connectivity index (χ1) is 25.6. The molecular weight excluding hydrogens is 661 g/mol. The van der Waals surface area contributed by atoms with E-state index in [4.69, 9.17) is 14.2 Å². The smallest absolute Gasteiger partial charge is 0.339 e. The Balaban J connectivity index is 1.61. The van der Waals surface area contributed by atoms with Gasteiger partial charge >= 0.3 is 5.97 Å². The van der Waals surface area contributed by atoms with Gasteiger partial charge in [0, 0.05) is 22.3 Å². The van der Waals surface area contributed by atoms with Crippen molar-refractivity contribution < 1.29 is 19.0 Å². The minimum Gasteiger partial charge on any atom is -0.494 e. The molecule has 52 heavy (non-hydrogen) atoms. The summed E-state index contributed by atoms with van der Waals surface area (Å²) in [5.74, 6) is 15.2. The second-order valence-corrected chi connectivity index (χ2v) is 14.0. The van der Waals surface area contributed by atoms with Crippen molar-refractivity contribution in [1.29, 1.82) is 0 Å². The summed E-state index contributed by atoms with van der Waals surface area (Å²) in [4.78, 5) is 13.4. The largest absolute Gasteiger partial charge is 0.494 e. The number of ether oxygens (including phenoxy) is 3. The zero-order valence-electron chi connectivity index (χ0n) is 32.0. The van der Waals surface area contributed by atoms with Crippen LogP contribution in [-0.4, -0.2) is 31.5 Å². The lowest BCUT2D eigenvalue weighted by atomic mass is 10.0. The summed E-state index contributed by atoms with van der Waals surface area (Å²) in [6.45, 7) is 6.28. The lowest BCUT2D eigenvalue weighted by Crippen LogP contribution is -2.09. The number of rotatable bonds is 25. The fourth-order valence-corrected chi connectivity index (χ4v) is 5.98. The van der Waals surface area contributed by atoms with Crippen LogP contribution in [-0.2, 0) is 4.74 Å². The third-order valence-electron chi connectivity index (χ3n) is 8.96. The number of esters is 1. The highest BCUT2D eigenvalue weighted by Gasteiger charge is 2.13. The summed E-state index contributed by atoms with van der Waals surface area (Å²) in [6.07, 6.45) is 21.5. The maximum atomic E-state index is 13.4. The Morgan fingerprint density at radius 1 is 0.500 bits per heavy atom. The molecule has 0 heterocycles. The van der Waals surface area contributed by atoms with Crippen LogP contribution in [0.5, 0.6) is 11.5 Å². The fraction of sp³-hybridized carbons (Fsp3) is 0.511. The van der Waals surface area contributed by atoms with E-state index in [9.17, 15) is 4.79 Å². The molecule has 3 rings (SSSR count). The highest BCUT2D eigenvalue weighted by Crippen LogP contribution is 2.17. The molecule has 0 atom stereocenters. The van der Waals surface area contributed by atoms with Gasteiger partial charge in [-0.3, -0.25) is 0 Å². The van der Waals surface area contributed by atoms with Crippen molar-refractivity contribution >= 4 is 18.6 Å². The van der Waals surface area contributed by atoms with Gasteiger partial charge in [0.25, 0.3) is 0 Å². The van der Waals surface area contributed by atoms with Crippen LogP contribution in [0.2, 0.25) is 0 Å². The molecule has 0 fully saturated rings. The normalized spacial score (nSPS) is 10.5. The molecule has 4 nitrogen and oxygen atoms in total. The Morgan fingerprint density at radius 2 is 0.923 bits per heavy atom. The number of thiol groups is 1. The van der Waals surface area contributed by atoms with Gasteiger partial charge in [0.1, 0.15) is 11.5 Å². The van der Waals surface area contributed by atoms with Gasteiger partial charge in [0.05, 0.1) is 25.4 Å². The van der Waals surface area contributed by atoms with E-state index in [1.54, 1.807) is 6.07 Å². The predicted molar refractivity (Wildman–Crippen MR) is 221 cm³/mol. The molecule has 3 aromatic rings. The Labute approximate surface area is 321 Å². The van der Waals surface area contributed by atoms with E-state index >= 15 is 0 Å². The molecule has 0 unspecified atom stereocenters. The van der Waals surface area contributed by atoms with Crippen LogP contribution in [0.3, 0.4) is 0 Å². The van der Waals surface area contributed by atoms with Gasteiger partial charge in [0.15, 0.2) is 0 Å². The maximum absolute atomic E-state index is 13.4. The first-order valence-electron chi connectivity index (χ1n) is 20.0. The van der Waals surface area contributed by atoms with Gasteiger partial charge in [-0.2, -0.15) is 12.6 Å². The topological polar surface area (TPSA) is 44.8 Å². The highest BCUT2D eigenvalue weighted by molar-refractivity contribution is 7.80. The van der Waals surface area contributed by atoms with Crippen LogP contribution in [0, 0.1) is 23.7 Å². The Hall–Kier alpha value is -3.80. The molecule has 280 valence electrons. The predicted octanol–water partition coefficient (Wildman–Crippen LogP) is 12.4. The van der Waals surface area contributed by atoms with E-state index in [-0.39, 0.29) is 5.97 Å². The summed E-state index contributed by atoms with van der Waals surface area (Å²) < 4.78 is 17.5. The number of unbranched alkanes of at least 4 members (excludes halogenated alkanes) is 15. The second kappa shape index (κ2) is 27.8. The van der Waals surface area contributed by atoms with E-state index < -0.39 is 0 Å². The Bertz CT molecular complexity index is 1520. The van der Waals surface area contributed by atoms with Crippen molar-refractivity contribution in [1.82, 2.24) is 0 Å². The molecule has 0 amide bonds. The van der Waals surface area contributed by atoms with Crippen LogP contribution in [0.4, 0.5) is 0 Å². The van der Waals surface area contributed by atoms with Crippen molar-refractivity contribution in [3.05, 3.63) is 94.5 Å². The molecule has 0 saturated heterocycles. The average Bonchev–Trinajstić information content (AvgIpc) is 3.17. The van der Waals surface area contributed by atoms with Gasteiger partial charge in [-0.15, -0.1) is 0 Å².